The Bertz CT molecular complexity index is 432. The van der Waals surface area contributed by atoms with E-state index >= 15 is 0 Å². The molecule has 0 aliphatic carbocycles. The molecule has 1 saturated heterocycles. The first kappa shape index (κ1) is 13.1. The quantitative estimate of drug-likeness (QED) is 0.839. The molecule has 0 radical (unpaired) electrons. The van der Waals surface area contributed by atoms with Crippen LogP contribution in [0.25, 0.3) is 0 Å². The van der Waals surface area contributed by atoms with Crippen LogP contribution in [-0.4, -0.2) is 29.8 Å². The summed E-state index contributed by atoms with van der Waals surface area (Å²) in [5, 5.41) is 12.2. The second-order valence-corrected chi connectivity index (χ2v) is 4.99. The molecule has 100 valence electrons. The van der Waals surface area contributed by atoms with Gasteiger partial charge in [0.25, 0.3) is 0 Å². The van der Waals surface area contributed by atoms with Crippen molar-refractivity contribution in [3.05, 3.63) is 23.2 Å². The fourth-order valence-electron chi connectivity index (χ4n) is 2.27. The summed E-state index contributed by atoms with van der Waals surface area (Å²) in [5.41, 5.74) is 0.132. The first-order chi connectivity index (χ1) is 8.50. The number of aryl methyl sites for hydroxylation is 1. The molecule has 1 aliphatic heterocycles. The zero-order chi connectivity index (χ0) is 13.2. The van der Waals surface area contributed by atoms with Gasteiger partial charge >= 0.3 is 5.97 Å². The standard InChI is InChI=1S/C13H19NO4/c1-9-11(12(15)16)6-10(18-9)7-14-8-13(2)4-3-5-17-13/h6,14H,3-5,7-8H2,1-2H3,(H,15,16). The molecule has 0 spiro atoms. The number of aromatic carboxylic acids is 1. The molecule has 2 N–H and O–H groups in total. The van der Waals surface area contributed by atoms with E-state index in [1.165, 1.54) is 0 Å². The Balaban J connectivity index is 1.87. The zero-order valence-electron chi connectivity index (χ0n) is 10.8. The van der Waals surface area contributed by atoms with Crippen LogP contribution >= 0.6 is 0 Å². The summed E-state index contributed by atoms with van der Waals surface area (Å²) < 4.78 is 11.0. The average Bonchev–Trinajstić information content (AvgIpc) is 2.86. The summed E-state index contributed by atoms with van der Waals surface area (Å²) in [7, 11) is 0. The van der Waals surface area contributed by atoms with Crippen molar-refractivity contribution in [2.24, 2.45) is 0 Å². The Hall–Kier alpha value is -1.33. The van der Waals surface area contributed by atoms with Gasteiger partial charge in [0.2, 0.25) is 0 Å². The summed E-state index contributed by atoms with van der Waals surface area (Å²) in [6, 6.07) is 1.57. The molecule has 1 atom stereocenters. The van der Waals surface area contributed by atoms with E-state index in [1.807, 2.05) is 0 Å². The molecule has 1 aromatic rings. The number of carboxylic acid groups (broad SMARTS) is 1. The predicted molar refractivity (Wildman–Crippen MR) is 65.7 cm³/mol. The molecule has 1 unspecified atom stereocenters. The number of rotatable bonds is 5. The first-order valence-electron chi connectivity index (χ1n) is 6.17. The number of ether oxygens (including phenoxy) is 1. The van der Waals surface area contributed by atoms with Gasteiger partial charge in [0.15, 0.2) is 0 Å². The van der Waals surface area contributed by atoms with Crippen molar-refractivity contribution in [1.82, 2.24) is 5.32 Å². The van der Waals surface area contributed by atoms with Crippen molar-refractivity contribution in [2.45, 2.75) is 38.8 Å². The van der Waals surface area contributed by atoms with E-state index in [2.05, 4.69) is 12.2 Å². The number of furan rings is 1. The van der Waals surface area contributed by atoms with E-state index in [4.69, 9.17) is 14.3 Å². The smallest absolute Gasteiger partial charge is 0.339 e. The lowest BCUT2D eigenvalue weighted by Gasteiger charge is -2.23. The van der Waals surface area contributed by atoms with Crippen LogP contribution in [0, 0.1) is 6.92 Å². The highest BCUT2D eigenvalue weighted by Crippen LogP contribution is 2.24. The summed E-state index contributed by atoms with van der Waals surface area (Å²) in [4.78, 5) is 10.9. The molecule has 1 aliphatic rings. The van der Waals surface area contributed by atoms with Gasteiger partial charge in [-0.05, 0) is 32.8 Å². The largest absolute Gasteiger partial charge is 0.478 e. The van der Waals surface area contributed by atoms with Crippen LogP contribution in [0.4, 0.5) is 0 Å². The highest BCUT2D eigenvalue weighted by molar-refractivity contribution is 5.88. The number of nitrogens with one attached hydrogen (secondary N) is 1. The van der Waals surface area contributed by atoms with Crippen molar-refractivity contribution >= 4 is 5.97 Å². The summed E-state index contributed by atoms with van der Waals surface area (Å²) in [6.45, 7) is 5.83. The van der Waals surface area contributed by atoms with Crippen molar-refractivity contribution in [2.75, 3.05) is 13.2 Å². The van der Waals surface area contributed by atoms with Gasteiger partial charge < -0.3 is 19.6 Å². The van der Waals surface area contributed by atoms with Crippen LogP contribution in [0.1, 0.15) is 41.6 Å². The van der Waals surface area contributed by atoms with Gasteiger partial charge in [0.1, 0.15) is 17.1 Å². The molecule has 0 aromatic carbocycles. The second-order valence-electron chi connectivity index (χ2n) is 4.99. The summed E-state index contributed by atoms with van der Waals surface area (Å²) in [5.74, 6) is 0.141. The maximum atomic E-state index is 10.9. The number of carbonyl (C=O) groups is 1. The average molecular weight is 253 g/mol. The molecule has 5 heteroatoms. The van der Waals surface area contributed by atoms with Gasteiger partial charge in [0, 0.05) is 13.2 Å². The molecule has 0 bridgehead atoms. The Labute approximate surface area is 106 Å². The molecule has 2 heterocycles. The Morgan fingerprint density at radius 3 is 2.94 bits per heavy atom. The molecule has 18 heavy (non-hydrogen) atoms. The molecular formula is C13H19NO4. The van der Waals surface area contributed by atoms with Crippen molar-refractivity contribution in [3.63, 3.8) is 0 Å². The van der Waals surface area contributed by atoms with Crippen LogP contribution < -0.4 is 5.32 Å². The normalized spacial score (nSPS) is 23.4. The Morgan fingerprint density at radius 1 is 1.61 bits per heavy atom. The Morgan fingerprint density at radius 2 is 2.39 bits per heavy atom. The van der Waals surface area contributed by atoms with Gasteiger partial charge in [-0.15, -0.1) is 0 Å². The van der Waals surface area contributed by atoms with E-state index in [0.29, 0.717) is 18.1 Å². The Kier molecular flexibility index (Phi) is 3.73. The lowest BCUT2D eigenvalue weighted by atomic mass is 10.0. The SMILES string of the molecule is Cc1oc(CNCC2(C)CCCO2)cc1C(=O)O. The first-order valence-corrected chi connectivity index (χ1v) is 6.17. The van der Waals surface area contributed by atoms with E-state index in [1.54, 1.807) is 13.0 Å². The highest BCUT2D eigenvalue weighted by atomic mass is 16.5. The van der Waals surface area contributed by atoms with Gasteiger partial charge in [-0.3, -0.25) is 0 Å². The minimum Gasteiger partial charge on any atom is -0.478 e. The molecule has 5 nitrogen and oxygen atoms in total. The van der Waals surface area contributed by atoms with Crippen LogP contribution in [0.5, 0.6) is 0 Å². The number of hydrogen-bond donors (Lipinski definition) is 2. The molecule has 2 rings (SSSR count). The fraction of sp³-hybridized carbons (Fsp3) is 0.615. The fourth-order valence-corrected chi connectivity index (χ4v) is 2.27. The third kappa shape index (κ3) is 2.91. The predicted octanol–water partition coefficient (Wildman–Crippen LogP) is 1.94. The van der Waals surface area contributed by atoms with Crippen molar-refractivity contribution < 1.29 is 19.1 Å². The van der Waals surface area contributed by atoms with Crippen molar-refractivity contribution in [3.8, 4) is 0 Å². The van der Waals surface area contributed by atoms with E-state index < -0.39 is 5.97 Å². The van der Waals surface area contributed by atoms with Crippen LogP contribution in [0.3, 0.4) is 0 Å². The van der Waals surface area contributed by atoms with Gasteiger partial charge in [-0.2, -0.15) is 0 Å². The molecule has 1 aromatic heterocycles. The van der Waals surface area contributed by atoms with Crippen molar-refractivity contribution in [1.29, 1.82) is 0 Å². The monoisotopic (exact) mass is 253 g/mol. The topological polar surface area (TPSA) is 71.7 Å². The lowest BCUT2D eigenvalue weighted by Crippen LogP contribution is -2.36. The van der Waals surface area contributed by atoms with Gasteiger partial charge in [-0.25, -0.2) is 4.79 Å². The summed E-state index contributed by atoms with van der Waals surface area (Å²) in [6.07, 6.45) is 2.15. The van der Waals surface area contributed by atoms with E-state index in [-0.39, 0.29) is 11.2 Å². The third-order valence-corrected chi connectivity index (χ3v) is 3.30. The second kappa shape index (κ2) is 5.12. The zero-order valence-corrected chi connectivity index (χ0v) is 10.8. The van der Waals surface area contributed by atoms with E-state index in [0.717, 1.165) is 26.0 Å². The van der Waals surface area contributed by atoms with E-state index in [9.17, 15) is 4.79 Å². The number of carboxylic acids is 1. The molecule has 0 amide bonds. The molecule has 1 fully saturated rings. The maximum Gasteiger partial charge on any atom is 0.339 e. The summed E-state index contributed by atoms with van der Waals surface area (Å²) >= 11 is 0. The number of hydrogen-bond acceptors (Lipinski definition) is 4. The van der Waals surface area contributed by atoms with Crippen LogP contribution in [-0.2, 0) is 11.3 Å². The van der Waals surface area contributed by atoms with Crippen LogP contribution in [0.2, 0.25) is 0 Å². The maximum absolute atomic E-state index is 10.9. The lowest BCUT2D eigenvalue weighted by molar-refractivity contribution is 0.0204. The minimum absolute atomic E-state index is 0.0999. The molecular weight excluding hydrogens is 234 g/mol. The van der Waals surface area contributed by atoms with Gasteiger partial charge in [-0.1, -0.05) is 0 Å². The third-order valence-electron chi connectivity index (χ3n) is 3.30. The van der Waals surface area contributed by atoms with Gasteiger partial charge in [0.05, 0.1) is 12.1 Å². The minimum atomic E-state index is -0.950. The molecule has 0 saturated carbocycles. The highest BCUT2D eigenvalue weighted by Gasteiger charge is 2.29. The van der Waals surface area contributed by atoms with Crippen LogP contribution in [0.15, 0.2) is 10.5 Å².